The van der Waals surface area contributed by atoms with Crippen LogP contribution in [0, 0.1) is 12.7 Å². The largest absolute Gasteiger partial charge is 0.326 e. The van der Waals surface area contributed by atoms with E-state index >= 15 is 0 Å². The van der Waals surface area contributed by atoms with Gasteiger partial charge in [-0.05, 0) is 61.0 Å². The van der Waals surface area contributed by atoms with Crippen LogP contribution in [0.3, 0.4) is 0 Å². The fourth-order valence-corrected chi connectivity index (χ4v) is 2.45. The van der Waals surface area contributed by atoms with Crippen LogP contribution in [-0.2, 0) is 4.79 Å². The Morgan fingerprint density at radius 1 is 1.04 bits per heavy atom. The number of anilines is 2. The number of amides is 2. The number of carbonyl (C=O) groups excluding carboxylic acids is 2. The van der Waals surface area contributed by atoms with E-state index in [1.807, 2.05) is 6.92 Å². The van der Waals surface area contributed by atoms with Crippen LogP contribution >= 0.6 is 0 Å². The van der Waals surface area contributed by atoms with Gasteiger partial charge in [0, 0.05) is 24.5 Å². The van der Waals surface area contributed by atoms with Crippen molar-refractivity contribution >= 4 is 23.2 Å². The summed E-state index contributed by atoms with van der Waals surface area (Å²) >= 11 is 0. The molecule has 6 nitrogen and oxygen atoms in total. The molecule has 0 radical (unpaired) electrons. The first kappa shape index (κ1) is 17.3. The highest BCUT2D eigenvalue weighted by Gasteiger charge is 2.11. The van der Waals surface area contributed by atoms with Crippen LogP contribution in [0.4, 0.5) is 15.8 Å². The monoisotopic (exact) mass is 352 g/mol. The molecule has 1 heterocycles. The third kappa shape index (κ3) is 3.94. The van der Waals surface area contributed by atoms with Gasteiger partial charge in [-0.3, -0.25) is 9.59 Å². The molecule has 2 amide bonds. The lowest BCUT2D eigenvalue weighted by atomic mass is 10.1. The molecule has 1 aromatic heterocycles. The molecule has 26 heavy (non-hydrogen) atoms. The maximum atomic E-state index is 13.0. The Kier molecular flexibility index (Phi) is 4.79. The summed E-state index contributed by atoms with van der Waals surface area (Å²) in [5, 5.41) is 9.69. The molecule has 0 aliphatic rings. The molecular weight excluding hydrogens is 335 g/mol. The van der Waals surface area contributed by atoms with E-state index in [1.54, 1.807) is 42.6 Å². The molecule has 0 unspecified atom stereocenters. The van der Waals surface area contributed by atoms with Gasteiger partial charge in [0.1, 0.15) is 5.82 Å². The van der Waals surface area contributed by atoms with Crippen LogP contribution in [0.25, 0.3) is 5.69 Å². The van der Waals surface area contributed by atoms with Gasteiger partial charge < -0.3 is 10.6 Å². The van der Waals surface area contributed by atoms with Crippen molar-refractivity contribution in [2.45, 2.75) is 13.8 Å². The number of halogens is 1. The predicted molar refractivity (Wildman–Crippen MR) is 97.0 cm³/mol. The number of hydrogen-bond acceptors (Lipinski definition) is 3. The van der Waals surface area contributed by atoms with Crippen LogP contribution in [0.1, 0.15) is 23.0 Å². The second kappa shape index (κ2) is 7.18. The van der Waals surface area contributed by atoms with Crippen LogP contribution in [-0.4, -0.2) is 21.6 Å². The molecule has 0 aliphatic carbocycles. The standard InChI is InChI=1S/C19H17FN4O2/c1-12-11-15(5-8-17(12)21-13(2)25)22-19(26)18-9-10-24(23-18)16-6-3-14(20)4-7-16/h3-11H,1-2H3,(H,21,25)(H,22,26). The Balaban J connectivity index is 1.73. The Bertz CT molecular complexity index is 964. The molecule has 0 bridgehead atoms. The van der Waals surface area contributed by atoms with Gasteiger partial charge in [0.05, 0.1) is 5.69 Å². The number of carbonyl (C=O) groups is 2. The summed E-state index contributed by atoms with van der Waals surface area (Å²) in [6.45, 7) is 3.27. The fraction of sp³-hybridized carbons (Fsp3) is 0.105. The molecule has 2 aromatic carbocycles. The smallest absolute Gasteiger partial charge is 0.276 e. The highest BCUT2D eigenvalue weighted by atomic mass is 19.1. The lowest BCUT2D eigenvalue weighted by Gasteiger charge is -2.09. The summed E-state index contributed by atoms with van der Waals surface area (Å²) in [6, 6.07) is 12.6. The first-order valence-electron chi connectivity index (χ1n) is 7.93. The molecule has 3 aromatic rings. The average Bonchev–Trinajstić information content (AvgIpc) is 3.08. The molecule has 3 rings (SSSR count). The number of rotatable bonds is 4. The molecule has 0 saturated heterocycles. The van der Waals surface area contributed by atoms with E-state index in [0.29, 0.717) is 17.1 Å². The Morgan fingerprint density at radius 2 is 1.77 bits per heavy atom. The molecule has 0 atom stereocenters. The summed E-state index contributed by atoms with van der Waals surface area (Å²) in [5.41, 5.74) is 3.00. The van der Waals surface area contributed by atoms with Crippen molar-refractivity contribution in [3.05, 3.63) is 71.8 Å². The van der Waals surface area contributed by atoms with Crippen molar-refractivity contribution in [2.24, 2.45) is 0 Å². The van der Waals surface area contributed by atoms with Crippen molar-refractivity contribution in [3.63, 3.8) is 0 Å². The van der Waals surface area contributed by atoms with Gasteiger partial charge >= 0.3 is 0 Å². The number of aromatic nitrogens is 2. The van der Waals surface area contributed by atoms with Gasteiger partial charge in [0.25, 0.3) is 5.91 Å². The fourth-order valence-electron chi connectivity index (χ4n) is 2.45. The molecule has 0 aliphatic heterocycles. The van der Waals surface area contributed by atoms with E-state index in [1.165, 1.54) is 23.7 Å². The Hall–Kier alpha value is -3.48. The minimum Gasteiger partial charge on any atom is -0.326 e. The van der Waals surface area contributed by atoms with E-state index in [2.05, 4.69) is 15.7 Å². The molecule has 2 N–H and O–H groups in total. The van der Waals surface area contributed by atoms with Crippen LogP contribution in [0.15, 0.2) is 54.7 Å². The van der Waals surface area contributed by atoms with Gasteiger partial charge in [-0.2, -0.15) is 5.10 Å². The summed E-state index contributed by atoms with van der Waals surface area (Å²) in [5.74, 6) is -0.856. The number of aryl methyl sites for hydroxylation is 1. The maximum absolute atomic E-state index is 13.0. The van der Waals surface area contributed by atoms with Crippen molar-refractivity contribution in [1.29, 1.82) is 0 Å². The van der Waals surface area contributed by atoms with E-state index in [9.17, 15) is 14.0 Å². The first-order valence-corrected chi connectivity index (χ1v) is 7.93. The van der Waals surface area contributed by atoms with Gasteiger partial charge in [0.15, 0.2) is 5.69 Å². The summed E-state index contributed by atoms with van der Waals surface area (Å²) < 4.78 is 14.5. The van der Waals surface area contributed by atoms with Crippen molar-refractivity contribution in [3.8, 4) is 5.69 Å². The van der Waals surface area contributed by atoms with Gasteiger partial charge in [0.2, 0.25) is 5.91 Å². The van der Waals surface area contributed by atoms with Gasteiger partial charge in [-0.25, -0.2) is 9.07 Å². The highest BCUT2D eigenvalue weighted by molar-refractivity contribution is 6.03. The van der Waals surface area contributed by atoms with Crippen molar-refractivity contribution in [1.82, 2.24) is 9.78 Å². The lowest BCUT2D eigenvalue weighted by Crippen LogP contribution is -2.14. The van der Waals surface area contributed by atoms with E-state index in [-0.39, 0.29) is 23.3 Å². The third-order valence-corrected chi connectivity index (χ3v) is 3.71. The minimum absolute atomic E-state index is 0.156. The first-order chi connectivity index (χ1) is 12.4. The minimum atomic E-state index is -0.363. The maximum Gasteiger partial charge on any atom is 0.276 e. The Labute approximate surface area is 149 Å². The molecule has 7 heteroatoms. The van der Waals surface area contributed by atoms with Gasteiger partial charge in [-0.1, -0.05) is 0 Å². The quantitative estimate of drug-likeness (QED) is 0.754. The van der Waals surface area contributed by atoms with Crippen LogP contribution in [0.5, 0.6) is 0 Å². The zero-order valence-electron chi connectivity index (χ0n) is 14.3. The average molecular weight is 352 g/mol. The third-order valence-electron chi connectivity index (χ3n) is 3.71. The molecule has 0 spiro atoms. The number of hydrogen-bond donors (Lipinski definition) is 2. The summed E-state index contributed by atoms with van der Waals surface area (Å²) in [4.78, 5) is 23.5. The van der Waals surface area contributed by atoms with E-state index in [0.717, 1.165) is 5.56 Å². The summed E-state index contributed by atoms with van der Waals surface area (Å²) in [7, 11) is 0. The molecule has 0 fully saturated rings. The molecule has 0 saturated carbocycles. The van der Waals surface area contributed by atoms with E-state index < -0.39 is 0 Å². The predicted octanol–water partition coefficient (Wildman–Crippen LogP) is 3.53. The topological polar surface area (TPSA) is 76.0 Å². The SMILES string of the molecule is CC(=O)Nc1ccc(NC(=O)c2ccn(-c3ccc(F)cc3)n2)cc1C. The number of nitrogens with zero attached hydrogens (tertiary/aromatic N) is 2. The normalized spacial score (nSPS) is 10.4. The van der Waals surface area contributed by atoms with Gasteiger partial charge in [-0.15, -0.1) is 0 Å². The zero-order valence-corrected chi connectivity index (χ0v) is 14.3. The molecular formula is C19H17FN4O2. The zero-order chi connectivity index (χ0) is 18.7. The number of nitrogens with one attached hydrogen (secondary N) is 2. The second-order valence-corrected chi connectivity index (χ2v) is 5.79. The second-order valence-electron chi connectivity index (χ2n) is 5.79. The van der Waals surface area contributed by atoms with Crippen molar-refractivity contribution < 1.29 is 14.0 Å². The molecule has 132 valence electrons. The van der Waals surface area contributed by atoms with E-state index in [4.69, 9.17) is 0 Å². The van der Waals surface area contributed by atoms with Crippen molar-refractivity contribution in [2.75, 3.05) is 10.6 Å². The van der Waals surface area contributed by atoms with Crippen LogP contribution in [0.2, 0.25) is 0 Å². The highest BCUT2D eigenvalue weighted by Crippen LogP contribution is 2.20. The number of benzene rings is 2. The van der Waals surface area contributed by atoms with Crippen LogP contribution < -0.4 is 10.6 Å². The summed E-state index contributed by atoms with van der Waals surface area (Å²) in [6.07, 6.45) is 1.63. The Morgan fingerprint density at radius 3 is 2.42 bits per heavy atom. The lowest BCUT2D eigenvalue weighted by molar-refractivity contribution is -0.114.